The largest absolute Gasteiger partial charge is 0.397 e. The van der Waals surface area contributed by atoms with Gasteiger partial charge < -0.3 is 11.1 Å². The van der Waals surface area contributed by atoms with Crippen LogP contribution in [0.25, 0.3) is 0 Å². The molecule has 0 unspecified atom stereocenters. The lowest BCUT2D eigenvalue weighted by Gasteiger charge is -2.08. The van der Waals surface area contributed by atoms with Crippen molar-refractivity contribution in [3.8, 4) is 0 Å². The second-order valence-corrected chi connectivity index (χ2v) is 4.02. The minimum absolute atomic E-state index is 0.365. The maximum absolute atomic E-state index is 12.9. The molecule has 0 aliphatic heterocycles. The second-order valence-electron chi connectivity index (χ2n) is 4.02. The van der Waals surface area contributed by atoms with E-state index in [2.05, 4.69) is 15.6 Å². The molecule has 19 heavy (non-hydrogen) atoms. The number of hydrogen-bond acceptors (Lipinski definition) is 3. The van der Waals surface area contributed by atoms with Gasteiger partial charge in [-0.05, 0) is 36.8 Å². The Kier molecular flexibility index (Phi) is 3.61. The van der Waals surface area contributed by atoms with Crippen LogP contribution in [0.2, 0.25) is 0 Å². The smallest absolute Gasteiger partial charge is 0.324 e. The number of amides is 2. The number of nitrogen functional groups attached to an aromatic ring is 1. The maximum atomic E-state index is 12.9. The van der Waals surface area contributed by atoms with Gasteiger partial charge >= 0.3 is 6.03 Å². The zero-order valence-corrected chi connectivity index (χ0v) is 10.3. The molecule has 2 aromatic rings. The van der Waals surface area contributed by atoms with Crippen molar-refractivity contribution in [1.82, 2.24) is 4.98 Å². The molecule has 0 aliphatic carbocycles. The SMILES string of the molecule is Cc1cc(NC(=O)Nc2cccc(F)c2)ncc1N. The number of carbonyl (C=O) groups excluding carboxylic acids is 1. The number of hydrogen-bond donors (Lipinski definition) is 3. The molecule has 0 spiro atoms. The van der Waals surface area contributed by atoms with E-state index in [0.29, 0.717) is 17.2 Å². The van der Waals surface area contributed by atoms with E-state index in [-0.39, 0.29) is 0 Å². The number of anilines is 3. The molecular formula is C13H13FN4O. The summed E-state index contributed by atoms with van der Waals surface area (Å²) >= 11 is 0. The van der Waals surface area contributed by atoms with Gasteiger partial charge in [0, 0.05) is 5.69 Å². The molecule has 0 fully saturated rings. The van der Waals surface area contributed by atoms with Crippen LogP contribution in [0.1, 0.15) is 5.56 Å². The summed E-state index contributed by atoms with van der Waals surface area (Å²) in [7, 11) is 0. The van der Waals surface area contributed by atoms with Crippen molar-refractivity contribution in [2.45, 2.75) is 6.92 Å². The Morgan fingerprint density at radius 2 is 2.11 bits per heavy atom. The maximum Gasteiger partial charge on any atom is 0.324 e. The van der Waals surface area contributed by atoms with Gasteiger partial charge in [-0.1, -0.05) is 6.07 Å². The van der Waals surface area contributed by atoms with Gasteiger partial charge in [-0.2, -0.15) is 0 Å². The molecule has 0 saturated heterocycles. The third-order valence-electron chi connectivity index (χ3n) is 2.48. The number of aryl methyl sites for hydroxylation is 1. The minimum Gasteiger partial charge on any atom is -0.397 e. The van der Waals surface area contributed by atoms with Gasteiger partial charge in [-0.15, -0.1) is 0 Å². The molecule has 1 aromatic carbocycles. The van der Waals surface area contributed by atoms with E-state index in [9.17, 15) is 9.18 Å². The monoisotopic (exact) mass is 260 g/mol. The molecule has 0 radical (unpaired) electrons. The van der Waals surface area contributed by atoms with Crippen molar-refractivity contribution in [1.29, 1.82) is 0 Å². The second kappa shape index (κ2) is 5.34. The summed E-state index contributed by atoms with van der Waals surface area (Å²) in [6.07, 6.45) is 1.47. The molecule has 2 rings (SSSR count). The average molecular weight is 260 g/mol. The summed E-state index contributed by atoms with van der Waals surface area (Å²) in [6, 6.07) is 6.78. The normalized spacial score (nSPS) is 10.0. The van der Waals surface area contributed by atoms with Crippen LogP contribution in [-0.4, -0.2) is 11.0 Å². The number of halogens is 1. The molecular weight excluding hydrogens is 247 g/mol. The van der Waals surface area contributed by atoms with Crippen LogP contribution in [0.15, 0.2) is 36.5 Å². The van der Waals surface area contributed by atoms with Crippen LogP contribution in [0.5, 0.6) is 0 Å². The van der Waals surface area contributed by atoms with Crippen molar-refractivity contribution in [2.75, 3.05) is 16.4 Å². The minimum atomic E-state index is -0.498. The first-order chi connectivity index (χ1) is 9.04. The number of nitrogens with one attached hydrogen (secondary N) is 2. The average Bonchev–Trinajstić information content (AvgIpc) is 2.34. The quantitative estimate of drug-likeness (QED) is 0.776. The zero-order chi connectivity index (χ0) is 13.8. The van der Waals surface area contributed by atoms with Crippen LogP contribution in [0, 0.1) is 12.7 Å². The Bertz CT molecular complexity index is 615. The third-order valence-corrected chi connectivity index (χ3v) is 2.48. The highest BCUT2D eigenvalue weighted by Gasteiger charge is 2.05. The van der Waals surface area contributed by atoms with Gasteiger partial charge in [0.05, 0.1) is 11.9 Å². The summed E-state index contributed by atoms with van der Waals surface area (Å²) in [5, 5.41) is 5.04. The number of urea groups is 1. The van der Waals surface area contributed by atoms with E-state index in [1.807, 2.05) is 6.92 Å². The van der Waals surface area contributed by atoms with Gasteiger partial charge in [0.1, 0.15) is 11.6 Å². The lowest BCUT2D eigenvalue weighted by molar-refractivity contribution is 0.262. The van der Waals surface area contributed by atoms with Crippen molar-refractivity contribution in [2.24, 2.45) is 0 Å². The predicted molar refractivity (Wildman–Crippen MR) is 72.4 cm³/mol. The van der Waals surface area contributed by atoms with Crippen LogP contribution in [0.4, 0.5) is 26.4 Å². The van der Waals surface area contributed by atoms with Gasteiger partial charge in [0.25, 0.3) is 0 Å². The molecule has 5 nitrogen and oxygen atoms in total. The third kappa shape index (κ3) is 3.41. The Balaban J connectivity index is 2.03. The molecule has 6 heteroatoms. The van der Waals surface area contributed by atoms with E-state index in [0.717, 1.165) is 5.56 Å². The molecule has 0 saturated carbocycles. The number of carbonyl (C=O) groups is 1. The summed E-state index contributed by atoms with van der Waals surface area (Å²) < 4.78 is 12.9. The highest BCUT2D eigenvalue weighted by atomic mass is 19.1. The molecule has 1 heterocycles. The Morgan fingerprint density at radius 1 is 1.32 bits per heavy atom. The van der Waals surface area contributed by atoms with Crippen molar-refractivity contribution < 1.29 is 9.18 Å². The van der Waals surface area contributed by atoms with Crippen LogP contribution in [-0.2, 0) is 0 Å². The van der Waals surface area contributed by atoms with E-state index < -0.39 is 11.8 Å². The highest BCUT2D eigenvalue weighted by Crippen LogP contribution is 2.14. The standard InChI is InChI=1S/C13H13FN4O/c1-8-5-12(16-7-11(8)15)18-13(19)17-10-4-2-3-9(14)6-10/h2-7H,15H2,1H3,(H2,16,17,18,19). The van der Waals surface area contributed by atoms with Crippen molar-refractivity contribution in [3.63, 3.8) is 0 Å². The zero-order valence-electron chi connectivity index (χ0n) is 10.3. The van der Waals surface area contributed by atoms with E-state index >= 15 is 0 Å². The van der Waals surface area contributed by atoms with Gasteiger partial charge in [0.2, 0.25) is 0 Å². The van der Waals surface area contributed by atoms with E-state index in [1.54, 1.807) is 12.1 Å². The molecule has 0 bridgehead atoms. The number of aromatic nitrogens is 1. The summed E-state index contributed by atoms with van der Waals surface area (Å²) in [4.78, 5) is 15.6. The fourth-order valence-corrected chi connectivity index (χ4v) is 1.48. The van der Waals surface area contributed by atoms with Crippen LogP contribution >= 0.6 is 0 Å². The summed E-state index contributed by atoms with van der Waals surface area (Å²) in [6.45, 7) is 1.81. The molecule has 0 aliphatic rings. The van der Waals surface area contributed by atoms with Crippen LogP contribution < -0.4 is 16.4 Å². The first-order valence-electron chi connectivity index (χ1n) is 5.60. The number of nitrogens with zero attached hydrogens (tertiary/aromatic N) is 1. The topological polar surface area (TPSA) is 80.0 Å². The Labute approximate surface area is 109 Å². The first kappa shape index (κ1) is 12.8. The van der Waals surface area contributed by atoms with Gasteiger partial charge in [-0.3, -0.25) is 5.32 Å². The molecule has 1 aromatic heterocycles. The van der Waals surface area contributed by atoms with Crippen LogP contribution in [0.3, 0.4) is 0 Å². The number of benzene rings is 1. The highest BCUT2D eigenvalue weighted by molar-refractivity contribution is 5.99. The van der Waals surface area contributed by atoms with E-state index in [4.69, 9.17) is 5.73 Å². The van der Waals surface area contributed by atoms with Gasteiger partial charge in [-0.25, -0.2) is 14.2 Å². The first-order valence-corrected chi connectivity index (χ1v) is 5.60. The predicted octanol–water partition coefficient (Wildman–Crippen LogP) is 2.76. The lowest BCUT2D eigenvalue weighted by Crippen LogP contribution is -2.20. The Morgan fingerprint density at radius 3 is 2.79 bits per heavy atom. The molecule has 0 atom stereocenters. The molecule has 4 N–H and O–H groups in total. The number of pyridine rings is 1. The van der Waals surface area contributed by atoms with Crippen molar-refractivity contribution >= 4 is 23.2 Å². The fraction of sp³-hybridized carbons (Fsp3) is 0.0769. The Hall–Kier alpha value is -2.63. The lowest BCUT2D eigenvalue weighted by atomic mass is 10.2. The molecule has 2 amide bonds. The number of nitrogens with two attached hydrogens (primary N) is 1. The molecule has 98 valence electrons. The summed E-state index contributed by atoms with van der Waals surface area (Å²) in [5.41, 5.74) is 7.36. The fourth-order valence-electron chi connectivity index (χ4n) is 1.48. The number of rotatable bonds is 2. The van der Waals surface area contributed by atoms with Crippen molar-refractivity contribution in [3.05, 3.63) is 47.9 Å². The summed E-state index contributed by atoms with van der Waals surface area (Å²) in [5.74, 6) is -0.0418. The van der Waals surface area contributed by atoms with E-state index in [1.165, 1.54) is 24.4 Å². The van der Waals surface area contributed by atoms with Gasteiger partial charge in [0.15, 0.2) is 0 Å².